The van der Waals surface area contributed by atoms with Crippen molar-refractivity contribution in [2.45, 2.75) is 13.3 Å². The van der Waals surface area contributed by atoms with Crippen molar-refractivity contribution in [3.8, 4) is 0 Å². The summed E-state index contributed by atoms with van der Waals surface area (Å²) in [7, 11) is 0. The summed E-state index contributed by atoms with van der Waals surface area (Å²) in [6, 6.07) is 4.30. The van der Waals surface area contributed by atoms with Gasteiger partial charge in [0.1, 0.15) is 11.6 Å². The lowest BCUT2D eigenvalue weighted by molar-refractivity contribution is 0.629. The van der Waals surface area contributed by atoms with Crippen molar-refractivity contribution >= 4 is 44.9 Å². The summed E-state index contributed by atoms with van der Waals surface area (Å²) in [5.41, 5.74) is 7.46. The maximum atomic E-state index is 13.8. The molecule has 2 aromatic heterocycles. The first-order valence-corrected chi connectivity index (χ1v) is 8.91. The van der Waals surface area contributed by atoms with E-state index in [0.717, 1.165) is 16.6 Å². The summed E-state index contributed by atoms with van der Waals surface area (Å²) < 4.78 is 14.5. The standard InChI is InChI=1S/C17H18BrFN8/c1-10(20)25-13-4-11(19)5-14(6-13)26-17-23-8-15(18)16(27-17)22-3-2-12-7-21-9-24-12/h4-9H,2-3H2,1H3,(H2,20,25)(H,21,24)(H2,22,23,26,27). The van der Waals surface area contributed by atoms with Crippen LogP contribution in [0.5, 0.6) is 0 Å². The van der Waals surface area contributed by atoms with E-state index in [1.165, 1.54) is 12.1 Å². The first-order valence-electron chi connectivity index (χ1n) is 8.11. The summed E-state index contributed by atoms with van der Waals surface area (Å²) in [6.07, 6.45) is 5.80. The van der Waals surface area contributed by atoms with Crippen molar-refractivity contribution < 1.29 is 4.39 Å². The number of rotatable bonds is 7. The normalized spacial score (nSPS) is 11.4. The Labute approximate surface area is 163 Å². The minimum Gasteiger partial charge on any atom is -0.387 e. The smallest absolute Gasteiger partial charge is 0.229 e. The van der Waals surface area contributed by atoms with Crippen LogP contribution in [0, 0.1) is 5.82 Å². The number of aromatic nitrogens is 4. The van der Waals surface area contributed by atoms with Crippen molar-refractivity contribution in [3.05, 3.63) is 52.9 Å². The van der Waals surface area contributed by atoms with E-state index in [2.05, 4.69) is 51.5 Å². The molecule has 1 aromatic carbocycles. The van der Waals surface area contributed by atoms with Crippen LogP contribution in [0.2, 0.25) is 0 Å². The van der Waals surface area contributed by atoms with E-state index >= 15 is 0 Å². The lowest BCUT2D eigenvalue weighted by Gasteiger charge is -2.10. The number of nitrogens with two attached hydrogens (primary N) is 1. The zero-order chi connectivity index (χ0) is 19.2. The van der Waals surface area contributed by atoms with Gasteiger partial charge in [-0.15, -0.1) is 0 Å². The van der Waals surface area contributed by atoms with Crippen molar-refractivity contribution in [3.63, 3.8) is 0 Å². The van der Waals surface area contributed by atoms with Crippen LogP contribution in [0.15, 0.2) is 46.4 Å². The Kier molecular flexibility index (Phi) is 5.97. The summed E-state index contributed by atoms with van der Waals surface area (Å²) in [6.45, 7) is 2.29. The third-order valence-electron chi connectivity index (χ3n) is 3.43. The molecule has 3 aromatic rings. The number of aromatic amines is 1. The SMILES string of the molecule is CC(N)=Nc1cc(F)cc(Nc2ncc(Br)c(NCCc3cnc[nH]3)n2)c1. The van der Waals surface area contributed by atoms with E-state index in [1.807, 2.05) is 0 Å². The molecule has 0 aliphatic carbocycles. The quantitative estimate of drug-likeness (QED) is 0.335. The molecule has 0 fully saturated rings. The van der Waals surface area contributed by atoms with E-state index < -0.39 is 5.82 Å². The number of imidazole rings is 1. The number of hydrogen-bond acceptors (Lipinski definition) is 6. The van der Waals surface area contributed by atoms with Crippen LogP contribution < -0.4 is 16.4 Å². The van der Waals surface area contributed by atoms with E-state index in [1.54, 1.807) is 31.7 Å². The number of halogens is 2. The fraction of sp³-hybridized carbons (Fsp3) is 0.176. The van der Waals surface area contributed by atoms with Gasteiger partial charge in [0.25, 0.3) is 0 Å². The Hall–Kier alpha value is -3.01. The van der Waals surface area contributed by atoms with Crippen molar-refractivity contribution in [1.29, 1.82) is 0 Å². The number of benzene rings is 1. The highest BCUT2D eigenvalue weighted by Gasteiger charge is 2.07. The number of H-pyrrole nitrogens is 1. The Balaban J connectivity index is 1.72. The first kappa shape index (κ1) is 18.8. The molecule has 2 heterocycles. The molecule has 3 rings (SSSR count). The van der Waals surface area contributed by atoms with E-state index in [4.69, 9.17) is 5.73 Å². The zero-order valence-corrected chi connectivity index (χ0v) is 16.1. The molecule has 0 atom stereocenters. The fourth-order valence-electron chi connectivity index (χ4n) is 2.33. The van der Waals surface area contributed by atoms with Crippen LogP contribution in [0.1, 0.15) is 12.6 Å². The molecule has 0 saturated heterocycles. The molecular weight excluding hydrogens is 415 g/mol. The Morgan fingerprint density at radius 2 is 2.19 bits per heavy atom. The minimum absolute atomic E-state index is 0.326. The molecule has 8 nitrogen and oxygen atoms in total. The van der Waals surface area contributed by atoms with Crippen LogP contribution in [0.4, 0.5) is 27.5 Å². The number of aliphatic imine (C=N–C) groups is 1. The fourth-order valence-corrected chi connectivity index (χ4v) is 2.66. The number of nitrogens with zero attached hydrogens (tertiary/aromatic N) is 4. The maximum absolute atomic E-state index is 13.8. The van der Waals surface area contributed by atoms with Gasteiger partial charge >= 0.3 is 0 Å². The molecule has 5 N–H and O–H groups in total. The average molecular weight is 433 g/mol. The lowest BCUT2D eigenvalue weighted by atomic mass is 10.2. The van der Waals surface area contributed by atoms with Crippen LogP contribution in [-0.4, -0.2) is 32.3 Å². The molecule has 0 spiro atoms. The second kappa shape index (κ2) is 8.58. The van der Waals surface area contributed by atoms with Gasteiger partial charge < -0.3 is 21.4 Å². The average Bonchev–Trinajstić information content (AvgIpc) is 3.10. The summed E-state index contributed by atoms with van der Waals surface area (Å²) in [5, 5.41) is 6.21. The molecule has 0 radical (unpaired) electrons. The number of nitrogens with one attached hydrogen (secondary N) is 3. The van der Waals surface area contributed by atoms with Gasteiger partial charge in [-0.25, -0.2) is 19.4 Å². The molecule has 10 heteroatoms. The van der Waals surface area contributed by atoms with Gasteiger partial charge in [0.2, 0.25) is 5.95 Å². The molecule has 0 amide bonds. The van der Waals surface area contributed by atoms with Crippen LogP contribution >= 0.6 is 15.9 Å². The molecule has 0 bridgehead atoms. The highest BCUT2D eigenvalue weighted by molar-refractivity contribution is 9.10. The van der Waals surface area contributed by atoms with E-state index in [0.29, 0.717) is 35.5 Å². The molecule has 140 valence electrons. The third-order valence-corrected chi connectivity index (χ3v) is 4.01. The zero-order valence-electron chi connectivity index (χ0n) is 14.5. The summed E-state index contributed by atoms with van der Waals surface area (Å²) >= 11 is 3.42. The lowest BCUT2D eigenvalue weighted by Crippen LogP contribution is -2.09. The van der Waals surface area contributed by atoms with E-state index in [-0.39, 0.29) is 0 Å². The number of hydrogen-bond donors (Lipinski definition) is 4. The molecule has 0 aliphatic rings. The highest BCUT2D eigenvalue weighted by Crippen LogP contribution is 2.25. The van der Waals surface area contributed by atoms with Crippen LogP contribution in [0.3, 0.4) is 0 Å². The Morgan fingerprint density at radius 1 is 1.33 bits per heavy atom. The van der Waals surface area contributed by atoms with Crippen molar-refractivity contribution in [1.82, 2.24) is 19.9 Å². The van der Waals surface area contributed by atoms with Crippen LogP contribution in [-0.2, 0) is 6.42 Å². The second-order valence-corrected chi connectivity index (χ2v) is 6.57. The van der Waals surface area contributed by atoms with Gasteiger partial charge in [-0.3, -0.25) is 0 Å². The molecule has 0 aliphatic heterocycles. The monoisotopic (exact) mass is 432 g/mol. The third kappa shape index (κ3) is 5.48. The predicted molar refractivity (Wildman–Crippen MR) is 107 cm³/mol. The summed E-state index contributed by atoms with van der Waals surface area (Å²) in [5.74, 6) is 0.858. The largest absolute Gasteiger partial charge is 0.387 e. The van der Waals surface area contributed by atoms with Crippen molar-refractivity contribution in [2.24, 2.45) is 10.7 Å². The highest BCUT2D eigenvalue weighted by atomic mass is 79.9. The van der Waals surface area contributed by atoms with Gasteiger partial charge in [0, 0.05) is 36.7 Å². The second-order valence-electron chi connectivity index (χ2n) is 5.72. The van der Waals surface area contributed by atoms with Crippen LogP contribution in [0.25, 0.3) is 0 Å². The van der Waals surface area contributed by atoms with Crippen molar-refractivity contribution in [2.75, 3.05) is 17.2 Å². The van der Waals surface area contributed by atoms with Gasteiger partial charge in [0.05, 0.1) is 22.3 Å². The maximum Gasteiger partial charge on any atom is 0.229 e. The summed E-state index contributed by atoms with van der Waals surface area (Å²) in [4.78, 5) is 19.7. The molecule has 0 saturated carbocycles. The topological polar surface area (TPSA) is 117 Å². The van der Waals surface area contributed by atoms with Gasteiger partial charge in [-0.2, -0.15) is 4.98 Å². The minimum atomic E-state index is -0.435. The molecule has 27 heavy (non-hydrogen) atoms. The van der Waals surface area contributed by atoms with Gasteiger partial charge in [-0.1, -0.05) is 0 Å². The van der Waals surface area contributed by atoms with Gasteiger partial charge in [-0.05, 0) is 41.1 Å². The molecule has 0 unspecified atom stereocenters. The Morgan fingerprint density at radius 3 is 2.93 bits per heavy atom. The Bertz CT molecular complexity index is 938. The van der Waals surface area contributed by atoms with E-state index in [9.17, 15) is 4.39 Å². The number of anilines is 3. The molecular formula is C17H18BrFN8. The predicted octanol–water partition coefficient (Wildman–Crippen LogP) is 3.51. The number of amidine groups is 1. The first-order chi connectivity index (χ1) is 13.0. The van der Waals surface area contributed by atoms with Gasteiger partial charge in [0.15, 0.2) is 0 Å².